The normalized spacial score (nSPS) is 18.1. The highest BCUT2D eigenvalue weighted by Crippen LogP contribution is 2.22. The molecule has 1 fully saturated rings. The predicted molar refractivity (Wildman–Crippen MR) is 89.7 cm³/mol. The predicted octanol–water partition coefficient (Wildman–Crippen LogP) is 4.64. The molecule has 0 aliphatic heterocycles. The first-order valence-electron chi connectivity index (χ1n) is 8.39. The molecule has 1 atom stereocenters. The Morgan fingerprint density at radius 1 is 1.14 bits per heavy atom. The van der Waals surface area contributed by atoms with Gasteiger partial charge in [0.1, 0.15) is 0 Å². The van der Waals surface area contributed by atoms with Gasteiger partial charge in [0.25, 0.3) is 0 Å². The van der Waals surface area contributed by atoms with Crippen molar-refractivity contribution in [1.29, 1.82) is 0 Å². The third kappa shape index (κ3) is 5.80. The average Bonchev–Trinajstić information content (AvgIpc) is 2.95. The van der Waals surface area contributed by atoms with Crippen LogP contribution in [0.25, 0.3) is 0 Å². The van der Waals surface area contributed by atoms with E-state index in [1.54, 1.807) is 0 Å². The molecule has 1 aliphatic rings. The highest BCUT2D eigenvalue weighted by Gasteiger charge is 2.15. The van der Waals surface area contributed by atoms with Gasteiger partial charge in [-0.3, -0.25) is 0 Å². The van der Waals surface area contributed by atoms with E-state index in [1.807, 2.05) is 0 Å². The number of rotatable bonds is 6. The van der Waals surface area contributed by atoms with Crippen LogP contribution in [-0.2, 0) is 11.3 Å². The van der Waals surface area contributed by atoms with Gasteiger partial charge >= 0.3 is 0 Å². The summed E-state index contributed by atoms with van der Waals surface area (Å²) in [4.78, 5) is 0. The second-order valence-corrected chi connectivity index (χ2v) is 7.49. The molecular weight excluding hydrogens is 258 g/mol. The second kappa shape index (κ2) is 7.42. The van der Waals surface area contributed by atoms with Crippen LogP contribution in [0.1, 0.15) is 70.4 Å². The van der Waals surface area contributed by atoms with E-state index in [2.05, 4.69) is 57.3 Å². The fourth-order valence-electron chi connectivity index (χ4n) is 2.79. The van der Waals surface area contributed by atoms with Gasteiger partial charge in [-0.15, -0.1) is 0 Å². The molecule has 0 saturated heterocycles. The lowest BCUT2D eigenvalue weighted by Crippen LogP contribution is -2.38. The molecule has 1 aromatic carbocycles. The van der Waals surface area contributed by atoms with Crippen molar-refractivity contribution < 1.29 is 4.74 Å². The fraction of sp³-hybridized carbons (Fsp3) is 0.684. The van der Waals surface area contributed by atoms with Crippen molar-refractivity contribution in [2.75, 3.05) is 6.54 Å². The summed E-state index contributed by atoms with van der Waals surface area (Å²) in [6.07, 6.45) is 5.66. The van der Waals surface area contributed by atoms with E-state index in [9.17, 15) is 0 Å². The van der Waals surface area contributed by atoms with E-state index in [0.29, 0.717) is 12.0 Å². The zero-order valence-electron chi connectivity index (χ0n) is 14.1. The number of hydrogen-bond acceptors (Lipinski definition) is 2. The van der Waals surface area contributed by atoms with Crippen molar-refractivity contribution in [2.24, 2.45) is 0 Å². The summed E-state index contributed by atoms with van der Waals surface area (Å²) in [5.41, 5.74) is 2.88. The van der Waals surface area contributed by atoms with E-state index in [4.69, 9.17) is 4.74 Å². The topological polar surface area (TPSA) is 21.3 Å². The molecule has 0 aromatic heterocycles. The minimum Gasteiger partial charge on any atom is -0.374 e. The first-order chi connectivity index (χ1) is 9.94. The van der Waals surface area contributed by atoms with E-state index < -0.39 is 0 Å². The van der Waals surface area contributed by atoms with Crippen LogP contribution in [-0.4, -0.2) is 18.2 Å². The summed E-state index contributed by atoms with van der Waals surface area (Å²) < 4.78 is 5.97. The minimum absolute atomic E-state index is 0.184. The highest BCUT2D eigenvalue weighted by molar-refractivity contribution is 5.25. The molecule has 2 nitrogen and oxygen atoms in total. The maximum Gasteiger partial charge on any atom is 0.0720 e. The molecular formula is C19H31NO. The van der Waals surface area contributed by atoms with Crippen molar-refractivity contribution >= 4 is 0 Å². The molecule has 1 N–H and O–H groups in total. The van der Waals surface area contributed by atoms with Gasteiger partial charge in [0.2, 0.25) is 0 Å². The largest absolute Gasteiger partial charge is 0.374 e. The summed E-state index contributed by atoms with van der Waals surface area (Å²) in [6.45, 7) is 10.7. The van der Waals surface area contributed by atoms with Gasteiger partial charge < -0.3 is 10.1 Å². The maximum absolute atomic E-state index is 5.97. The van der Waals surface area contributed by atoms with E-state index in [1.165, 1.54) is 36.8 Å². The number of nitrogens with one attached hydrogen (secondary N) is 1. The molecule has 0 amide bonds. The van der Waals surface area contributed by atoms with Crippen LogP contribution in [0, 0.1) is 0 Å². The minimum atomic E-state index is 0.184. The first-order valence-corrected chi connectivity index (χ1v) is 8.39. The van der Waals surface area contributed by atoms with Crippen molar-refractivity contribution in [3.63, 3.8) is 0 Å². The van der Waals surface area contributed by atoms with Gasteiger partial charge in [0, 0.05) is 12.1 Å². The second-order valence-electron chi connectivity index (χ2n) is 7.49. The number of ether oxygens (including phenoxy) is 1. The van der Waals surface area contributed by atoms with Gasteiger partial charge in [-0.25, -0.2) is 0 Å². The Hall–Kier alpha value is -0.860. The van der Waals surface area contributed by atoms with Crippen molar-refractivity contribution in [2.45, 2.75) is 77.5 Å². The zero-order valence-corrected chi connectivity index (χ0v) is 14.1. The molecule has 1 aliphatic carbocycles. The summed E-state index contributed by atoms with van der Waals surface area (Å²) in [5.74, 6) is 0.536. The van der Waals surface area contributed by atoms with Crippen LogP contribution in [0.3, 0.4) is 0 Å². The molecule has 1 saturated carbocycles. The van der Waals surface area contributed by atoms with Crippen molar-refractivity contribution in [1.82, 2.24) is 5.32 Å². The maximum atomic E-state index is 5.97. The van der Waals surface area contributed by atoms with Gasteiger partial charge in [0.05, 0.1) is 12.7 Å². The van der Waals surface area contributed by atoms with Gasteiger partial charge in [-0.05, 0) is 50.7 Å². The molecule has 0 heterocycles. The Balaban J connectivity index is 1.80. The summed E-state index contributed by atoms with van der Waals surface area (Å²) in [6, 6.07) is 8.94. The molecule has 2 heteroatoms. The fourth-order valence-corrected chi connectivity index (χ4v) is 2.79. The van der Waals surface area contributed by atoms with Crippen molar-refractivity contribution in [3.8, 4) is 0 Å². The molecule has 0 radical (unpaired) electrons. The standard InChI is InChI=1S/C19H31NO/c1-15(13-20-19(2,3)4)17-11-9-16(10-12-17)14-21-18-7-5-6-8-18/h9-12,15,18,20H,5-8,13-14H2,1-4H3. The molecule has 0 bridgehead atoms. The molecule has 21 heavy (non-hydrogen) atoms. The summed E-state index contributed by atoms with van der Waals surface area (Å²) in [5, 5.41) is 3.57. The lowest BCUT2D eigenvalue weighted by atomic mass is 9.98. The lowest BCUT2D eigenvalue weighted by molar-refractivity contribution is 0.0457. The van der Waals surface area contributed by atoms with Crippen LogP contribution in [0.4, 0.5) is 0 Å². The summed E-state index contributed by atoms with van der Waals surface area (Å²) >= 11 is 0. The Bertz CT molecular complexity index is 412. The van der Waals surface area contributed by atoms with Crippen molar-refractivity contribution in [3.05, 3.63) is 35.4 Å². The Morgan fingerprint density at radius 3 is 2.33 bits per heavy atom. The smallest absolute Gasteiger partial charge is 0.0720 e. The highest BCUT2D eigenvalue weighted by atomic mass is 16.5. The monoisotopic (exact) mass is 289 g/mol. The molecule has 2 rings (SSSR count). The van der Waals surface area contributed by atoms with Gasteiger partial charge in [0.15, 0.2) is 0 Å². The van der Waals surface area contributed by atoms with Crippen LogP contribution in [0.15, 0.2) is 24.3 Å². The summed E-state index contributed by atoms with van der Waals surface area (Å²) in [7, 11) is 0. The Morgan fingerprint density at radius 2 is 1.76 bits per heavy atom. The lowest BCUT2D eigenvalue weighted by Gasteiger charge is -2.23. The Kier molecular flexibility index (Phi) is 5.83. The molecule has 118 valence electrons. The van der Waals surface area contributed by atoms with Crippen LogP contribution >= 0.6 is 0 Å². The molecule has 1 unspecified atom stereocenters. The van der Waals surface area contributed by atoms with E-state index in [-0.39, 0.29) is 5.54 Å². The van der Waals surface area contributed by atoms with E-state index >= 15 is 0 Å². The molecule has 1 aromatic rings. The van der Waals surface area contributed by atoms with Gasteiger partial charge in [-0.1, -0.05) is 44.0 Å². The number of hydrogen-bond donors (Lipinski definition) is 1. The van der Waals surface area contributed by atoms with Crippen LogP contribution in [0.5, 0.6) is 0 Å². The third-order valence-electron chi connectivity index (χ3n) is 4.28. The van der Waals surface area contributed by atoms with E-state index in [0.717, 1.165) is 13.2 Å². The molecule has 0 spiro atoms. The third-order valence-corrected chi connectivity index (χ3v) is 4.28. The SMILES string of the molecule is CC(CNC(C)(C)C)c1ccc(COC2CCCC2)cc1. The first kappa shape index (κ1) is 16.5. The van der Waals surface area contributed by atoms with Crippen LogP contribution < -0.4 is 5.32 Å². The quantitative estimate of drug-likeness (QED) is 0.824. The van der Waals surface area contributed by atoms with Gasteiger partial charge in [-0.2, -0.15) is 0 Å². The Labute approximate surface area is 130 Å². The zero-order chi connectivity index (χ0) is 15.3. The average molecular weight is 289 g/mol. The van der Waals surface area contributed by atoms with Crippen LogP contribution in [0.2, 0.25) is 0 Å². The number of benzene rings is 1.